The predicted molar refractivity (Wildman–Crippen MR) is 126 cm³/mol. The molecule has 2 fully saturated rings. The molecule has 0 saturated carbocycles. The first-order chi connectivity index (χ1) is 16.4. The fourth-order valence-corrected chi connectivity index (χ4v) is 6.11. The quantitative estimate of drug-likeness (QED) is 0.159. The van der Waals surface area contributed by atoms with Gasteiger partial charge >= 0.3 is 180 Å². The second kappa shape index (κ2) is 9.78. The van der Waals surface area contributed by atoms with Gasteiger partial charge in [0.1, 0.15) is 0 Å². The molecule has 4 aliphatic rings. The molecule has 4 aliphatic heterocycles. The monoisotopic (exact) mass is 493 g/mol. The number of rotatable bonds is 7. The van der Waals surface area contributed by atoms with Crippen LogP contribution < -0.4 is 16.0 Å². The Balaban J connectivity index is 1.24. The van der Waals surface area contributed by atoms with Gasteiger partial charge in [0.05, 0.1) is 0 Å². The number of hydrogen-bond acceptors (Lipinski definition) is 12. The summed E-state index contributed by atoms with van der Waals surface area (Å²) in [5, 5.41) is 21.2. The molecule has 4 N–H and O–H groups in total. The van der Waals surface area contributed by atoms with E-state index in [0.29, 0.717) is 19.0 Å². The number of nitrogens with zero attached hydrogens (tertiary/aromatic N) is 2. The van der Waals surface area contributed by atoms with Crippen LogP contribution in [0.25, 0.3) is 0 Å². The van der Waals surface area contributed by atoms with Crippen LogP contribution in [0.1, 0.15) is 12.5 Å². The van der Waals surface area contributed by atoms with Gasteiger partial charge in [0, 0.05) is 0 Å². The standard InChI is InChI=1S/C20H29BN5O7P/c1-12(27)29-11-31-34(21)30-8-14-17(33-34)16(28)20(32-14)26-10-25-15-18(23-9-24-19(15)26)22-7-13-5-3-2-4-6-13/h2-6,9,14,16-18,20,22,25,28,34H,7-8,10-11,21H2,1H3,(H,23,24)/t14?,16?,17-,18?,20?/m1/s1. The minimum absolute atomic E-state index is 0.163. The molecular weight excluding hydrogens is 464 g/mol. The van der Waals surface area contributed by atoms with Crippen molar-refractivity contribution in [1.29, 1.82) is 0 Å². The molecule has 1 aromatic carbocycles. The summed E-state index contributed by atoms with van der Waals surface area (Å²) < 4.78 is 28.4. The van der Waals surface area contributed by atoms with Gasteiger partial charge in [0.2, 0.25) is 0 Å². The van der Waals surface area contributed by atoms with Gasteiger partial charge in [0.15, 0.2) is 0 Å². The van der Waals surface area contributed by atoms with Crippen molar-refractivity contribution in [2.45, 2.75) is 44.2 Å². The average molecular weight is 493 g/mol. The molecule has 4 heterocycles. The zero-order valence-corrected chi connectivity index (χ0v) is 20.0. The zero-order valence-electron chi connectivity index (χ0n) is 19.0. The zero-order chi connectivity index (χ0) is 23.7. The number of carbonyl (C=O) groups is 1. The molecule has 0 radical (unpaired) electrons. The molecule has 184 valence electrons. The van der Waals surface area contributed by atoms with Crippen LogP contribution in [0.4, 0.5) is 0 Å². The number of hydrogen-bond donors (Lipinski definition) is 4. The average Bonchev–Trinajstić information content (AvgIpc) is 3.39. The summed E-state index contributed by atoms with van der Waals surface area (Å²) in [6.07, 6.45) is -1.23. The molecule has 4 unspecified atom stereocenters. The molecule has 0 spiro atoms. The minimum atomic E-state index is -3.10. The van der Waals surface area contributed by atoms with Crippen LogP contribution >= 0.6 is 7.82 Å². The third kappa shape index (κ3) is 4.78. The van der Waals surface area contributed by atoms with Gasteiger partial charge < -0.3 is 0 Å². The van der Waals surface area contributed by atoms with Crippen LogP contribution in [-0.4, -0.2) is 80.7 Å². The number of nitrogens with one attached hydrogen (secondary N) is 3. The van der Waals surface area contributed by atoms with Crippen LogP contribution in [0.2, 0.25) is 0 Å². The fourth-order valence-electron chi connectivity index (χ4n) is 4.36. The Kier molecular flexibility index (Phi) is 6.76. The molecule has 1 aromatic rings. The normalized spacial score (nSPS) is 32.4. The van der Waals surface area contributed by atoms with E-state index in [9.17, 15) is 9.90 Å². The summed E-state index contributed by atoms with van der Waals surface area (Å²) in [6.45, 7) is 2.34. The van der Waals surface area contributed by atoms with Crippen molar-refractivity contribution in [2.75, 3.05) is 20.1 Å². The number of ether oxygens (including phenoxy) is 2. The molecule has 0 aromatic heterocycles. The molecule has 5 rings (SSSR count). The topological polar surface area (TPSA) is 135 Å². The number of aliphatic hydroxyl groups excluding tert-OH is 1. The second-order valence-electron chi connectivity index (χ2n) is 8.48. The van der Waals surface area contributed by atoms with Gasteiger partial charge in [-0.25, -0.2) is 0 Å². The number of esters is 1. The summed E-state index contributed by atoms with van der Waals surface area (Å²) in [5.74, 6) is 0.235. The summed E-state index contributed by atoms with van der Waals surface area (Å²) in [6, 6.07) is 10.1. The molecule has 14 heteroatoms. The van der Waals surface area contributed by atoms with Gasteiger partial charge in [-0.2, -0.15) is 0 Å². The Hall–Kier alpha value is -2.25. The number of aliphatic imine (C=N–C) groups is 1. The SMILES string of the molecule is B[PH]1(OCOC(C)=O)OCC2OC(N3CNC4=C3N=CNC4NCc3ccccc3)C(O)[C@@H]2O1. The van der Waals surface area contributed by atoms with Gasteiger partial charge in [-0.15, -0.1) is 0 Å². The first-order valence-electron chi connectivity index (χ1n) is 11.2. The van der Waals surface area contributed by atoms with Crippen molar-refractivity contribution < 1.29 is 32.9 Å². The van der Waals surface area contributed by atoms with Crippen LogP contribution in [0, 0.1) is 0 Å². The van der Waals surface area contributed by atoms with Crippen molar-refractivity contribution in [3.63, 3.8) is 0 Å². The first-order valence-corrected chi connectivity index (χ1v) is 13.4. The van der Waals surface area contributed by atoms with Crippen LogP contribution in [0.15, 0.2) is 46.8 Å². The number of benzene rings is 1. The van der Waals surface area contributed by atoms with E-state index in [2.05, 4.69) is 33.1 Å². The van der Waals surface area contributed by atoms with Gasteiger partial charge in [-0.3, -0.25) is 0 Å². The molecule has 12 nitrogen and oxygen atoms in total. The summed E-state index contributed by atoms with van der Waals surface area (Å²) in [5.41, 5.74) is 2.05. The van der Waals surface area contributed by atoms with E-state index in [1.54, 1.807) is 13.9 Å². The molecule has 5 atom stereocenters. The van der Waals surface area contributed by atoms with E-state index in [0.717, 1.165) is 5.70 Å². The first kappa shape index (κ1) is 23.5. The Morgan fingerprint density at radius 2 is 2.24 bits per heavy atom. The molecular formula is C20H29BN5O7P. The van der Waals surface area contributed by atoms with E-state index >= 15 is 0 Å². The molecule has 2 saturated heterocycles. The predicted octanol–water partition coefficient (Wildman–Crippen LogP) is -1.15. The summed E-state index contributed by atoms with van der Waals surface area (Å²) >= 11 is 0. The van der Waals surface area contributed by atoms with E-state index < -0.39 is 38.3 Å². The van der Waals surface area contributed by atoms with Crippen molar-refractivity contribution in [3.05, 3.63) is 47.4 Å². The summed E-state index contributed by atoms with van der Waals surface area (Å²) in [4.78, 5) is 17.4. The molecule has 0 bridgehead atoms. The number of carbonyl (C=O) groups excluding carboxylic acids is 1. The Morgan fingerprint density at radius 3 is 3.03 bits per heavy atom. The molecule has 0 amide bonds. The van der Waals surface area contributed by atoms with Gasteiger partial charge in [-0.1, -0.05) is 18.2 Å². The maximum absolute atomic E-state index is 11.1. The van der Waals surface area contributed by atoms with Gasteiger partial charge in [0.25, 0.3) is 0 Å². The third-order valence-corrected chi connectivity index (χ3v) is 8.12. The number of aliphatic hydroxyl groups is 1. The Bertz CT molecular complexity index is 972. The van der Waals surface area contributed by atoms with Crippen molar-refractivity contribution in [2.24, 2.45) is 4.99 Å². The Labute approximate surface area is 198 Å². The van der Waals surface area contributed by atoms with Crippen LogP contribution in [0.3, 0.4) is 0 Å². The van der Waals surface area contributed by atoms with Crippen molar-refractivity contribution >= 4 is 27.7 Å². The Morgan fingerprint density at radius 1 is 1.41 bits per heavy atom. The fraction of sp³-hybridized carbons (Fsp3) is 0.500. The van der Waals surface area contributed by atoms with Crippen molar-refractivity contribution in [3.8, 4) is 0 Å². The van der Waals surface area contributed by atoms with E-state index in [4.69, 9.17) is 23.0 Å². The maximum atomic E-state index is 11.1. The van der Waals surface area contributed by atoms with Gasteiger partial charge in [-0.05, 0) is 0 Å². The van der Waals surface area contributed by atoms with Crippen LogP contribution in [-0.2, 0) is 34.4 Å². The second-order valence-corrected chi connectivity index (χ2v) is 11.0. The van der Waals surface area contributed by atoms with Crippen molar-refractivity contribution in [1.82, 2.24) is 20.9 Å². The van der Waals surface area contributed by atoms with E-state index in [1.807, 2.05) is 23.1 Å². The van der Waals surface area contributed by atoms with Crippen LogP contribution in [0.5, 0.6) is 0 Å². The van der Waals surface area contributed by atoms with E-state index in [1.165, 1.54) is 12.5 Å². The molecule has 34 heavy (non-hydrogen) atoms. The molecule has 0 aliphatic carbocycles. The summed E-state index contributed by atoms with van der Waals surface area (Å²) in [7, 11) is -1.40. The number of fused-ring (bicyclic) bond motifs is 1. The van der Waals surface area contributed by atoms with E-state index in [-0.39, 0.29) is 19.6 Å². The third-order valence-electron chi connectivity index (χ3n) is 6.08.